The zero-order valence-electron chi connectivity index (χ0n) is 22.4. The number of fused-ring (bicyclic) bond motifs is 1. The number of unbranched alkanes of at least 4 members (excludes halogenated alkanes) is 6. The molecule has 0 amide bonds. The molecule has 39 heavy (non-hydrogen) atoms. The molecule has 1 aliphatic rings. The Morgan fingerprint density at radius 2 is 1.41 bits per heavy atom. The third-order valence-corrected chi connectivity index (χ3v) is 8.83. The molecule has 2 aromatic rings. The van der Waals surface area contributed by atoms with Gasteiger partial charge in [-0.15, -0.1) is 0 Å². The molecule has 0 radical (unpaired) electrons. The highest BCUT2D eigenvalue weighted by molar-refractivity contribution is 7.99. The zero-order valence-corrected chi connectivity index (χ0v) is 23.2. The van der Waals surface area contributed by atoms with E-state index in [0.717, 1.165) is 74.0 Å². The molecule has 0 fully saturated rings. The number of hydrogen-bond donors (Lipinski definition) is 2. The minimum absolute atomic E-state index is 0.137. The molecular weight excluding hydrogens is 535 g/mol. The van der Waals surface area contributed by atoms with Crippen LogP contribution in [-0.4, -0.2) is 40.4 Å². The lowest BCUT2D eigenvalue weighted by atomic mass is 9.66. The number of rotatable bonds is 15. The fourth-order valence-corrected chi connectivity index (χ4v) is 6.25. The number of aromatic hydroxyl groups is 2. The molecule has 2 aromatic carbocycles. The van der Waals surface area contributed by atoms with E-state index in [1.807, 2.05) is 18.2 Å². The first kappa shape index (κ1) is 31.4. The summed E-state index contributed by atoms with van der Waals surface area (Å²) in [6, 6.07) is 12.6. The van der Waals surface area contributed by atoms with E-state index in [-0.39, 0.29) is 29.3 Å². The van der Waals surface area contributed by atoms with Gasteiger partial charge in [0.05, 0.1) is 6.61 Å². The van der Waals surface area contributed by atoms with Gasteiger partial charge in [0.15, 0.2) is 0 Å². The van der Waals surface area contributed by atoms with Crippen molar-refractivity contribution >= 4 is 11.8 Å². The fraction of sp³-hybridized carbons (Fsp3) is 0.600. The van der Waals surface area contributed by atoms with Crippen LogP contribution in [0.4, 0.5) is 22.0 Å². The summed E-state index contributed by atoms with van der Waals surface area (Å²) in [4.78, 5) is 0. The summed E-state index contributed by atoms with van der Waals surface area (Å²) in [5.41, 5.74) is 1.93. The van der Waals surface area contributed by atoms with E-state index in [4.69, 9.17) is 4.74 Å². The molecule has 9 heteroatoms. The number of benzene rings is 2. The Labute approximate surface area is 232 Å². The second-order valence-electron chi connectivity index (χ2n) is 10.7. The Morgan fingerprint density at radius 3 is 2.08 bits per heavy atom. The summed E-state index contributed by atoms with van der Waals surface area (Å²) in [6.07, 6.45) is 1.66. The molecule has 2 N–H and O–H groups in total. The normalized spacial score (nSPS) is 19.5. The van der Waals surface area contributed by atoms with Crippen LogP contribution >= 0.6 is 11.8 Å². The number of halogens is 5. The highest BCUT2D eigenvalue weighted by Gasteiger charge is 2.56. The van der Waals surface area contributed by atoms with Gasteiger partial charge in [0.25, 0.3) is 0 Å². The van der Waals surface area contributed by atoms with Crippen molar-refractivity contribution in [1.82, 2.24) is 0 Å². The van der Waals surface area contributed by atoms with Crippen molar-refractivity contribution in [1.29, 1.82) is 0 Å². The average Bonchev–Trinajstić information content (AvgIpc) is 2.87. The lowest BCUT2D eigenvalue weighted by Crippen LogP contribution is -2.40. The standard InChI is InChI=1S/C30H39F5O3S/c1-28(22-11-13-23(36)14-12-22)21-38-27-20-24(37)15-16-25(27)26(28)10-7-5-3-2-4-6-8-18-39-19-9-17-29(31,32)30(33,34)35/h11-16,20,26,36-37H,2-10,17-19,21H2,1H3. The van der Waals surface area contributed by atoms with Crippen LogP contribution in [-0.2, 0) is 5.41 Å². The van der Waals surface area contributed by atoms with Gasteiger partial charge in [0.2, 0.25) is 0 Å². The minimum Gasteiger partial charge on any atom is -0.508 e. The summed E-state index contributed by atoms with van der Waals surface area (Å²) in [5, 5.41) is 19.7. The van der Waals surface area contributed by atoms with Crippen molar-refractivity contribution in [3.63, 3.8) is 0 Å². The second-order valence-corrected chi connectivity index (χ2v) is 11.9. The number of thioether (sulfide) groups is 1. The van der Waals surface area contributed by atoms with Gasteiger partial charge in [-0.05, 0) is 60.1 Å². The van der Waals surface area contributed by atoms with Crippen LogP contribution in [0.3, 0.4) is 0 Å². The van der Waals surface area contributed by atoms with Gasteiger partial charge in [0.1, 0.15) is 17.2 Å². The molecule has 0 bridgehead atoms. The first-order valence-electron chi connectivity index (χ1n) is 13.7. The molecule has 1 aliphatic heterocycles. The van der Waals surface area contributed by atoms with Crippen LogP contribution in [0.15, 0.2) is 42.5 Å². The van der Waals surface area contributed by atoms with E-state index in [1.54, 1.807) is 24.3 Å². The summed E-state index contributed by atoms with van der Waals surface area (Å²) in [6.45, 7) is 2.68. The smallest absolute Gasteiger partial charge is 0.453 e. The topological polar surface area (TPSA) is 49.7 Å². The van der Waals surface area contributed by atoms with Crippen LogP contribution in [0.5, 0.6) is 17.2 Å². The van der Waals surface area contributed by atoms with Crippen molar-refractivity contribution in [3.05, 3.63) is 53.6 Å². The largest absolute Gasteiger partial charge is 0.508 e. The fourth-order valence-electron chi connectivity index (χ4n) is 5.28. The van der Waals surface area contributed by atoms with E-state index in [2.05, 4.69) is 6.92 Å². The number of phenolic OH excluding ortho intramolecular Hbond substituents is 2. The zero-order chi connectivity index (χ0) is 28.5. The predicted molar refractivity (Wildman–Crippen MR) is 146 cm³/mol. The molecule has 2 unspecified atom stereocenters. The maximum atomic E-state index is 12.9. The molecule has 1 heterocycles. The first-order valence-corrected chi connectivity index (χ1v) is 14.9. The Hall–Kier alpha value is -2.16. The van der Waals surface area contributed by atoms with E-state index in [1.165, 1.54) is 11.8 Å². The predicted octanol–water partition coefficient (Wildman–Crippen LogP) is 9.36. The van der Waals surface area contributed by atoms with Gasteiger partial charge in [0, 0.05) is 23.8 Å². The molecular formula is C30H39F5O3S. The van der Waals surface area contributed by atoms with Crippen LogP contribution in [0.25, 0.3) is 0 Å². The summed E-state index contributed by atoms with van der Waals surface area (Å²) in [7, 11) is 0. The van der Waals surface area contributed by atoms with Crippen molar-refractivity contribution in [2.24, 2.45) is 0 Å². The highest BCUT2D eigenvalue weighted by Crippen LogP contribution is 2.49. The summed E-state index contributed by atoms with van der Waals surface area (Å²) in [5.74, 6) is -2.14. The number of hydrogen-bond acceptors (Lipinski definition) is 4. The van der Waals surface area contributed by atoms with E-state index >= 15 is 0 Å². The van der Waals surface area contributed by atoms with Crippen molar-refractivity contribution in [2.75, 3.05) is 18.1 Å². The van der Waals surface area contributed by atoms with Gasteiger partial charge in [-0.25, -0.2) is 0 Å². The average molecular weight is 575 g/mol. The van der Waals surface area contributed by atoms with Gasteiger partial charge in [-0.1, -0.05) is 63.6 Å². The lowest BCUT2D eigenvalue weighted by Gasteiger charge is -2.43. The van der Waals surface area contributed by atoms with E-state index in [0.29, 0.717) is 12.4 Å². The quantitative estimate of drug-likeness (QED) is 0.164. The van der Waals surface area contributed by atoms with E-state index < -0.39 is 18.5 Å². The molecule has 0 aliphatic carbocycles. The van der Waals surface area contributed by atoms with Crippen molar-refractivity contribution < 1.29 is 36.9 Å². The monoisotopic (exact) mass is 574 g/mol. The number of ether oxygens (including phenoxy) is 1. The highest BCUT2D eigenvalue weighted by atomic mass is 32.2. The molecule has 0 aromatic heterocycles. The molecule has 0 spiro atoms. The summed E-state index contributed by atoms with van der Waals surface area (Å²) >= 11 is 1.45. The molecule has 0 saturated carbocycles. The van der Waals surface area contributed by atoms with Crippen LogP contribution in [0, 0.1) is 0 Å². The van der Waals surface area contributed by atoms with Crippen molar-refractivity contribution in [3.8, 4) is 17.2 Å². The Bertz CT molecular complexity index is 1030. The third-order valence-electron chi connectivity index (χ3n) is 7.67. The Morgan fingerprint density at radius 1 is 0.821 bits per heavy atom. The van der Waals surface area contributed by atoms with Gasteiger partial charge >= 0.3 is 12.1 Å². The lowest BCUT2D eigenvalue weighted by molar-refractivity contribution is -0.284. The van der Waals surface area contributed by atoms with Gasteiger partial charge in [-0.3, -0.25) is 0 Å². The maximum Gasteiger partial charge on any atom is 0.453 e. The molecule has 218 valence electrons. The van der Waals surface area contributed by atoms with Gasteiger partial charge in [-0.2, -0.15) is 33.7 Å². The molecule has 2 atom stereocenters. The molecule has 3 nitrogen and oxygen atoms in total. The SMILES string of the molecule is CC1(c2ccc(O)cc2)COc2cc(O)ccc2C1CCCCCCCCCSCCCC(F)(F)C(F)(F)F. The summed E-state index contributed by atoms with van der Waals surface area (Å²) < 4.78 is 68.4. The molecule has 3 rings (SSSR count). The maximum absolute atomic E-state index is 12.9. The van der Waals surface area contributed by atoms with Gasteiger partial charge < -0.3 is 14.9 Å². The number of phenols is 2. The minimum atomic E-state index is -5.45. The Balaban J connectivity index is 1.36. The molecule has 0 saturated heterocycles. The van der Waals surface area contributed by atoms with Crippen LogP contribution in [0.1, 0.15) is 88.2 Å². The van der Waals surface area contributed by atoms with Crippen LogP contribution < -0.4 is 4.74 Å². The second kappa shape index (κ2) is 14.0. The number of alkyl halides is 5. The Kier molecular flexibility index (Phi) is 11.2. The first-order chi connectivity index (χ1) is 18.4. The van der Waals surface area contributed by atoms with Crippen molar-refractivity contribution in [2.45, 2.75) is 94.6 Å². The van der Waals surface area contributed by atoms with Crippen LogP contribution in [0.2, 0.25) is 0 Å². The van der Waals surface area contributed by atoms with E-state index in [9.17, 15) is 32.2 Å². The third kappa shape index (κ3) is 8.66.